The third-order valence-corrected chi connectivity index (χ3v) is 4.61. The summed E-state index contributed by atoms with van der Waals surface area (Å²) in [6, 6.07) is 1.81. The van der Waals surface area contributed by atoms with Gasteiger partial charge >= 0.3 is 0 Å². The van der Waals surface area contributed by atoms with E-state index in [1.165, 1.54) is 6.92 Å². The van der Waals surface area contributed by atoms with Crippen LogP contribution in [-0.2, 0) is 19.9 Å². The van der Waals surface area contributed by atoms with Crippen LogP contribution in [-0.4, -0.2) is 41.3 Å². The van der Waals surface area contributed by atoms with Gasteiger partial charge in [0.05, 0.1) is 10.6 Å². The molecule has 1 rings (SSSR count). The van der Waals surface area contributed by atoms with Gasteiger partial charge in [-0.3, -0.25) is 4.79 Å². The van der Waals surface area contributed by atoms with Crippen LogP contribution in [0, 0.1) is 12.7 Å². The fraction of sp³-hybridized carbons (Fsp3) is 0.364. The quantitative estimate of drug-likeness (QED) is 0.753. The Hall–Kier alpha value is -1.52. The van der Waals surface area contributed by atoms with Crippen LogP contribution in [0.15, 0.2) is 17.0 Å². The summed E-state index contributed by atoms with van der Waals surface area (Å²) in [5.74, 6) is -1.97. The van der Waals surface area contributed by atoms with Gasteiger partial charge in [-0.1, -0.05) is 0 Å². The Morgan fingerprint density at radius 3 is 2.33 bits per heavy atom. The number of rotatable bonds is 5. The van der Waals surface area contributed by atoms with Gasteiger partial charge < -0.3 is 5.32 Å². The molecule has 21 heavy (non-hydrogen) atoms. The first-order chi connectivity index (χ1) is 9.42. The molecule has 1 amide bonds. The van der Waals surface area contributed by atoms with Gasteiger partial charge in [0.15, 0.2) is 0 Å². The van der Waals surface area contributed by atoms with Gasteiger partial charge in [0.25, 0.3) is 5.91 Å². The molecule has 0 aliphatic carbocycles. The lowest BCUT2D eigenvalue weighted by Gasteiger charge is -2.09. The van der Waals surface area contributed by atoms with Gasteiger partial charge in [-0.15, -0.1) is 0 Å². The molecule has 0 saturated heterocycles. The smallest absolute Gasteiger partial charge is 0.251 e. The normalized spacial score (nSPS) is 12.2. The number of primary sulfonamides is 1. The van der Waals surface area contributed by atoms with E-state index in [1.54, 1.807) is 0 Å². The zero-order chi connectivity index (χ0) is 16.4. The van der Waals surface area contributed by atoms with E-state index in [4.69, 9.17) is 5.14 Å². The highest BCUT2D eigenvalue weighted by molar-refractivity contribution is 7.90. The van der Waals surface area contributed by atoms with E-state index in [1.807, 2.05) is 0 Å². The molecule has 0 radical (unpaired) electrons. The monoisotopic (exact) mass is 338 g/mol. The molecule has 0 saturated carbocycles. The third kappa shape index (κ3) is 5.06. The molecule has 0 aliphatic rings. The summed E-state index contributed by atoms with van der Waals surface area (Å²) in [7, 11) is -7.42. The molecule has 0 aromatic heterocycles. The first-order valence-corrected chi connectivity index (χ1v) is 9.31. The molecule has 0 atom stereocenters. The summed E-state index contributed by atoms with van der Waals surface area (Å²) < 4.78 is 58.2. The number of amides is 1. The standard InChI is InChI=1S/C11H15FN2O5S2/c1-7-9(12)5-8(6-10(7)21(13,18)19)11(15)14-3-4-20(2,16)17/h5-6H,3-4H2,1-2H3,(H,14,15)(H2,13,18,19). The number of sulfonamides is 1. The Bertz CT molecular complexity index is 772. The Morgan fingerprint density at radius 2 is 1.86 bits per heavy atom. The van der Waals surface area contributed by atoms with Crippen LogP contribution in [0.4, 0.5) is 4.39 Å². The fourth-order valence-corrected chi connectivity index (χ4v) is 2.82. The molecule has 0 fully saturated rings. The second-order valence-corrected chi connectivity index (χ2v) is 8.30. The van der Waals surface area contributed by atoms with E-state index >= 15 is 0 Å². The molecule has 118 valence electrons. The van der Waals surface area contributed by atoms with Crippen molar-refractivity contribution in [2.45, 2.75) is 11.8 Å². The lowest BCUT2D eigenvalue weighted by molar-refractivity contribution is 0.0955. The number of benzene rings is 1. The van der Waals surface area contributed by atoms with Gasteiger partial charge in [0, 0.05) is 23.9 Å². The minimum Gasteiger partial charge on any atom is -0.351 e. The minimum atomic E-state index is -4.17. The predicted octanol–water partition coefficient (Wildman–Crippen LogP) is -0.444. The lowest BCUT2D eigenvalue weighted by atomic mass is 10.1. The summed E-state index contributed by atoms with van der Waals surface area (Å²) in [4.78, 5) is 11.3. The highest BCUT2D eigenvalue weighted by atomic mass is 32.2. The largest absolute Gasteiger partial charge is 0.351 e. The van der Waals surface area contributed by atoms with Gasteiger partial charge in [0.2, 0.25) is 10.0 Å². The number of hydrogen-bond donors (Lipinski definition) is 2. The van der Waals surface area contributed by atoms with Crippen molar-refractivity contribution in [2.24, 2.45) is 5.14 Å². The zero-order valence-corrected chi connectivity index (χ0v) is 13.0. The molecule has 0 aliphatic heterocycles. The molecule has 1 aromatic rings. The maximum Gasteiger partial charge on any atom is 0.251 e. The van der Waals surface area contributed by atoms with Crippen molar-refractivity contribution in [3.63, 3.8) is 0 Å². The molecule has 0 spiro atoms. The van der Waals surface area contributed by atoms with E-state index in [9.17, 15) is 26.0 Å². The van der Waals surface area contributed by atoms with Crippen molar-refractivity contribution in [3.8, 4) is 0 Å². The molecule has 0 heterocycles. The van der Waals surface area contributed by atoms with Crippen LogP contribution < -0.4 is 10.5 Å². The second-order valence-electron chi connectivity index (χ2n) is 4.51. The van der Waals surface area contributed by atoms with Crippen LogP contribution in [0.5, 0.6) is 0 Å². The predicted molar refractivity (Wildman–Crippen MR) is 74.6 cm³/mol. The van der Waals surface area contributed by atoms with Gasteiger partial charge in [-0.05, 0) is 19.1 Å². The average Bonchev–Trinajstić information content (AvgIpc) is 2.29. The maximum atomic E-state index is 13.6. The van der Waals surface area contributed by atoms with Crippen molar-refractivity contribution < 1.29 is 26.0 Å². The van der Waals surface area contributed by atoms with Crippen LogP contribution in [0.1, 0.15) is 15.9 Å². The number of carbonyl (C=O) groups is 1. The molecule has 10 heteroatoms. The summed E-state index contributed by atoms with van der Waals surface area (Å²) in [5.41, 5.74) is -0.444. The van der Waals surface area contributed by atoms with Crippen LogP contribution in [0.25, 0.3) is 0 Å². The molecule has 0 bridgehead atoms. The maximum absolute atomic E-state index is 13.6. The number of nitrogens with two attached hydrogens (primary N) is 1. The summed E-state index contributed by atoms with van der Waals surface area (Å²) >= 11 is 0. The topological polar surface area (TPSA) is 123 Å². The summed E-state index contributed by atoms with van der Waals surface area (Å²) in [5, 5.41) is 7.21. The van der Waals surface area contributed by atoms with Gasteiger partial charge in [0.1, 0.15) is 15.7 Å². The highest BCUT2D eigenvalue weighted by Gasteiger charge is 2.19. The van der Waals surface area contributed by atoms with Gasteiger partial charge in [-0.2, -0.15) is 0 Å². The Labute approximate surface area is 122 Å². The summed E-state index contributed by atoms with van der Waals surface area (Å²) in [6.45, 7) is 1.05. The number of carbonyl (C=O) groups excluding carboxylic acids is 1. The minimum absolute atomic E-state index is 0.169. The molecule has 0 unspecified atom stereocenters. The van der Waals surface area contributed by atoms with E-state index in [0.717, 1.165) is 18.4 Å². The van der Waals surface area contributed by atoms with Crippen molar-refractivity contribution in [3.05, 3.63) is 29.1 Å². The van der Waals surface area contributed by atoms with Crippen molar-refractivity contribution in [1.29, 1.82) is 0 Å². The zero-order valence-electron chi connectivity index (χ0n) is 11.4. The molecule has 3 N–H and O–H groups in total. The van der Waals surface area contributed by atoms with E-state index in [0.29, 0.717) is 0 Å². The third-order valence-electron chi connectivity index (χ3n) is 2.62. The van der Waals surface area contributed by atoms with Crippen LogP contribution >= 0.6 is 0 Å². The number of sulfone groups is 1. The van der Waals surface area contributed by atoms with E-state index in [2.05, 4.69) is 5.32 Å². The van der Waals surface area contributed by atoms with E-state index < -0.39 is 36.5 Å². The van der Waals surface area contributed by atoms with Crippen LogP contribution in [0.2, 0.25) is 0 Å². The average molecular weight is 338 g/mol. The van der Waals surface area contributed by atoms with Crippen LogP contribution in [0.3, 0.4) is 0 Å². The number of nitrogens with one attached hydrogen (secondary N) is 1. The molecular formula is C11H15FN2O5S2. The van der Waals surface area contributed by atoms with Crippen molar-refractivity contribution in [2.75, 3.05) is 18.6 Å². The Balaban J connectivity index is 3.04. The second kappa shape index (κ2) is 6.08. The highest BCUT2D eigenvalue weighted by Crippen LogP contribution is 2.19. The van der Waals surface area contributed by atoms with Crippen molar-refractivity contribution >= 4 is 25.8 Å². The van der Waals surface area contributed by atoms with Gasteiger partial charge in [-0.25, -0.2) is 26.4 Å². The van der Waals surface area contributed by atoms with Crippen molar-refractivity contribution in [1.82, 2.24) is 5.32 Å². The lowest BCUT2D eigenvalue weighted by Crippen LogP contribution is -2.29. The first kappa shape index (κ1) is 17.5. The Kier molecular flexibility index (Phi) is 5.07. The van der Waals surface area contributed by atoms with E-state index in [-0.39, 0.29) is 23.4 Å². The number of hydrogen-bond acceptors (Lipinski definition) is 5. The molecule has 1 aromatic carbocycles. The summed E-state index contributed by atoms with van der Waals surface area (Å²) in [6.07, 6.45) is 1.00. The number of halogens is 1. The molecular weight excluding hydrogens is 323 g/mol. The molecule has 7 nitrogen and oxygen atoms in total. The SMILES string of the molecule is Cc1c(F)cc(C(=O)NCCS(C)(=O)=O)cc1S(N)(=O)=O. The Morgan fingerprint density at radius 1 is 1.29 bits per heavy atom. The fourth-order valence-electron chi connectivity index (χ4n) is 1.53. The first-order valence-electron chi connectivity index (χ1n) is 5.70.